The van der Waals surface area contributed by atoms with Gasteiger partial charge in [-0.25, -0.2) is 0 Å². The molecule has 0 radical (unpaired) electrons. The molecular weight excluding hydrogens is 446 g/mol. The Kier molecular flexibility index (Phi) is 4.92. The molecule has 1 unspecified atom stereocenters. The largest absolute Gasteiger partial charge is 0.384 e. The summed E-state index contributed by atoms with van der Waals surface area (Å²) in [6.07, 6.45) is 1.19. The Morgan fingerprint density at radius 3 is 2.66 bits per heavy atom. The van der Waals surface area contributed by atoms with Crippen LogP contribution in [0.4, 0.5) is 5.69 Å². The van der Waals surface area contributed by atoms with Crippen LogP contribution < -0.4 is 10.6 Å². The highest BCUT2D eigenvalue weighted by Crippen LogP contribution is 2.51. The lowest BCUT2D eigenvalue weighted by molar-refractivity contribution is -0.118. The minimum atomic E-state index is -0.407. The Morgan fingerprint density at radius 1 is 1.31 bits per heavy atom. The normalized spacial score (nSPS) is 21.3. The first kappa shape index (κ1) is 19.9. The summed E-state index contributed by atoms with van der Waals surface area (Å²) in [5.74, 6) is 0.111. The average molecular weight is 468 g/mol. The molecule has 2 aliphatic rings. The van der Waals surface area contributed by atoms with E-state index in [9.17, 15) is 10.1 Å². The number of para-hydroxylation sites is 1. The smallest absolute Gasteiger partial charge is 0.162 e. The Hall–Kier alpha value is -2.36. The molecule has 2 heterocycles. The van der Waals surface area contributed by atoms with Crippen molar-refractivity contribution in [1.29, 1.82) is 5.26 Å². The van der Waals surface area contributed by atoms with E-state index in [-0.39, 0.29) is 11.2 Å². The van der Waals surface area contributed by atoms with E-state index < -0.39 is 5.92 Å². The van der Waals surface area contributed by atoms with E-state index in [4.69, 9.17) is 5.73 Å². The van der Waals surface area contributed by atoms with E-state index in [1.54, 1.807) is 11.3 Å². The van der Waals surface area contributed by atoms with Gasteiger partial charge in [-0.15, -0.1) is 11.3 Å². The monoisotopic (exact) mass is 467 g/mol. The average Bonchev–Trinajstić information content (AvgIpc) is 3.07. The van der Waals surface area contributed by atoms with Gasteiger partial charge in [0.15, 0.2) is 5.78 Å². The number of benzene rings is 1. The number of anilines is 1. The standard InChI is InChI=1S/C23H22BrN3OS/c1-13-6-4-5-7-16(13)27-17-9-23(2,3)10-18(28)21(17)20(15(11-25)22(27)26)19-8-14(24)12-29-19/h4-8,12,20H,9-10,26H2,1-3H3. The van der Waals surface area contributed by atoms with Gasteiger partial charge in [0.2, 0.25) is 0 Å². The molecule has 2 aromatic rings. The van der Waals surface area contributed by atoms with Crippen molar-refractivity contribution in [1.82, 2.24) is 0 Å². The van der Waals surface area contributed by atoms with Gasteiger partial charge in [0, 0.05) is 32.4 Å². The van der Waals surface area contributed by atoms with Crippen LogP contribution in [0.5, 0.6) is 0 Å². The highest BCUT2D eigenvalue weighted by Gasteiger charge is 2.45. The van der Waals surface area contributed by atoms with Crippen LogP contribution in [0.25, 0.3) is 0 Å². The highest BCUT2D eigenvalue weighted by atomic mass is 79.9. The second-order valence-corrected chi connectivity index (χ2v) is 10.3. The molecule has 1 aliphatic carbocycles. The number of hydrogen-bond donors (Lipinski definition) is 1. The van der Waals surface area contributed by atoms with Crippen molar-refractivity contribution in [2.75, 3.05) is 4.90 Å². The number of halogens is 1. The molecule has 0 saturated heterocycles. The van der Waals surface area contributed by atoms with Gasteiger partial charge >= 0.3 is 0 Å². The predicted molar refractivity (Wildman–Crippen MR) is 120 cm³/mol. The van der Waals surface area contributed by atoms with Crippen molar-refractivity contribution in [3.05, 3.63) is 73.3 Å². The van der Waals surface area contributed by atoms with Crippen LogP contribution in [0, 0.1) is 23.7 Å². The van der Waals surface area contributed by atoms with Crippen LogP contribution in [0.1, 0.15) is 43.0 Å². The Morgan fingerprint density at radius 2 is 2.03 bits per heavy atom. The number of ketones is 1. The predicted octanol–water partition coefficient (Wildman–Crippen LogP) is 5.76. The van der Waals surface area contributed by atoms with Crippen molar-refractivity contribution in [3.8, 4) is 6.07 Å². The molecule has 148 valence electrons. The summed E-state index contributed by atoms with van der Waals surface area (Å²) in [5, 5.41) is 12.0. The third-order valence-electron chi connectivity index (χ3n) is 5.61. The van der Waals surface area contributed by atoms with Gasteiger partial charge < -0.3 is 5.73 Å². The second kappa shape index (κ2) is 7.16. The number of allylic oxidation sites excluding steroid dienone is 3. The lowest BCUT2D eigenvalue weighted by Gasteiger charge is -2.43. The number of aryl methyl sites for hydroxylation is 1. The first-order chi connectivity index (χ1) is 13.7. The van der Waals surface area contributed by atoms with Gasteiger partial charge in [-0.05, 0) is 52.4 Å². The van der Waals surface area contributed by atoms with E-state index in [2.05, 4.69) is 35.8 Å². The van der Waals surface area contributed by atoms with Crippen LogP contribution in [0.2, 0.25) is 0 Å². The molecule has 1 aromatic carbocycles. The summed E-state index contributed by atoms with van der Waals surface area (Å²) in [5.41, 5.74) is 10.5. The zero-order valence-corrected chi connectivity index (χ0v) is 19.0. The number of thiophene rings is 1. The third-order valence-corrected chi connectivity index (χ3v) is 7.37. The topological polar surface area (TPSA) is 70.1 Å². The molecular formula is C23H22BrN3OS. The SMILES string of the molecule is Cc1ccccc1N1C(N)=C(C#N)C(c2cc(Br)cs2)C2=C1CC(C)(C)CC2=O. The third kappa shape index (κ3) is 3.33. The van der Waals surface area contributed by atoms with Crippen molar-refractivity contribution in [3.63, 3.8) is 0 Å². The molecule has 0 bridgehead atoms. The van der Waals surface area contributed by atoms with Gasteiger partial charge in [-0.2, -0.15) is 5.26 Å². The van der Waals surface area contributed by atoms with Crippen LogP contribution in [-0.2, 0) is 4.79 Å². The van der Waals surface area contributed by atoms with Crippen molar-refractivity contribution < 1.29 is 4.79 Å². The van der Waals surface area contributed by atoms with Gasteiger partial charge in [-0.1, -0.05) is 32.0 Å². The molecule has 4 nitrogen and oxygen atoms in total. The lowest BCUT2D eigenvalue weighted by atomic mass is 9.69. The number of carbonyl (C=O) groups excluding carboxylic acids is 1. The molecule has 1 aromatic heterocycles. The zero-order chi connectivity index (χ0) is 20.9. The molecule has 2 N–H and O–H groups in total. The summed E-state index contributed by atoms with van der Waals surface area (Å²) in [7, 11) is 0. The van der Waals surface area contributed by atoms with Gasteiger partial charge in [0.1, 0.15) is 5.82 Å². The summed E-state index contributed by atoms with van der Waals surface area (Å²) in [6.45, 7) is 6.25. The lowest BCUT2D eigenvalue weighted by Crippen LogP contribution is -2.42. The summed E-state index contributed by atoms with van der Waals surface area (Å²) in [4.78, 5) is 16.3. The summed E-state index contributed by atoms with van der Waals surface area (Å²) in [6, 6.07) is 12.3. The van der Waals surface area contributed by atoms with E-state index in [1.165, 1.54) is 0 Å². The number of hydrogen-bond acceptors (Lipinski definition) is 5. The fourth-order valence-corrected chi connectivity index (χ4v) is 5.92. The molecule has 6 heteroatoms. The minimum Gasteiger partial charge on any atom is -0.384 e. The quantitative estimate of drug-likeness (QED) is 0.609. The molecule has 0 fully saturated rings. The molecule has 1 aliphatic heterocycles. The first-order valence-electron chi connectivity index (χ1n) is 9.49. The molecule has 29 heavy (non-hydrogen) atoms. The van der Waals surface area contributed by atoms with Crippen LogP contribution in [-0.4, -0.2) is 5.78 Å². The molecule has 0 amide bonds. The maximum atomic E-state index is 13.4. The number of nitrogens with zero attached hydrogens (tertiary/aromatic N) is 2. The van der Waals surface area contributed by atoms with Crippen LogP contribution in [0.15, 0.2) is 62.8 Å². The minimum absolute atomic E-state index is 0.101. The maximum absolute atomic E-state index is 13.4. The molecule has 1 atom stereocenters. The number of Topliss-reactive ketones (excluding diaryl/α,β-unsaturated/α-hetero) is 1. The van der Waals surface area contributed by atoms with E-state index in [1.807, 2.05) is 47.5 Å². The van der Waals surface area contributed by atoms with E-state index >= 15 is 0 Å². The highest BCUT2D eigenvalue weighted by molar-refractivity contribution is 9.10. The zero-order valence-electron chi connectivity index (χ0n) is 16.6. The van der Waals surface area contributed by atoms with Crippen LogP contribution in [0.3, 0.4) is 0 Å². The number of nitrogens with two attached hydrogens (primary N) is 1. The summed E-state index contributed by atoms with van der Waals surface area (Å²) >= 11 is 5.05. The van der Waals surface area contributed by atoms with E-state index in [0.29, 0.717) is 23.4 Å². The fourth-order valence-electron chi connectivity index (χ4n) is 4.36. The fraction of sp³-hybridized carbons (Fsp3) is 0.304. The molecule has 0 saturated carbocycles. The maximum Gasteiger partial charge on any atom is 0.162 e. The Labute approximate surface area is 183 Å². The van der Waals surface area contributed by atoms with Gasteiger partial charge in [0.05, 0.1) is 23.2 Å². The van der Waals surface area contributed by atoms with Crippen molar-refractivity contribution in [2.45, 2.75) is 39.5 Å². The Balaban J connectivity index is 2.02. The van der Waals surface area contributed by atoms with Gasteiger partial charge in [-0.3, -0.25) is 9.69 Å². The number of nitriles is 1. The number of rotatable bonds is 2. The summed E-state index contributed by atoms with van der Waals surface area (Å²) < 4.78 is 0.945. The van der Waals surface area contributed by atoms with Crippen LogP contribution >= 0.6 is 27.3 Å². The Bertz CT molecular complexity index is 1120. The number of carbonyl (C=O) groups is 1. The molecule has 0 spiro atoms. The van der Waals surface area contributed by atoms with Crippen molar-refractivity contribution >= 4 is 38.7 Å². The first-order valence-corrected chi connectivity index (χ1v) is 11.2. The van der Waals surface area contributed by atoms with E-state index in [0.717, 1.165) is 32.7 Å². The second-order valence-electron chi connectivity index (χ2n) is 8.43. The van der Waals surface area contributed by atoms with Gasteiger partial charge in [0.25, 0.3) is 0 Å². The van der Waals surface area contributed by atoms with Crippen molar-refractivity contribution in [2.24, 2.45) is 11.1 Å². The molecule has 4 rings (SSSR count).